The Morgan fingerprint density at radius 2 is 1.94 bits per heavy atom. The standard InChI is InChI=1S/C20H26ClN5O4S/c1-23-13-16(12-22-23)14-24-6-8-25(9-7-24)20(27)18-15-26(10-11-30-18)31(28,29)19-5-3-2-4-17(19)21/h2-5,12-13,18H,6-11,14-15H2,1H3/t18-/m1/s1. The number of hydrogen-bond acceptors (Lipinski definition) is 6. The molecule has 2 aliphatic rings. The summed E-state index contributed by atoms with van der Waals surface area (Å²) in [6.07, 6.45) is 3.03. The van der Waals surface area contributed by atoms with E-state index in [2.05, 4.69) is 10.00 Å². The van der Waals surface area contributed by atoms with Gasteiger partial charge in [-0.15, -0.1) is 0 Å². The molecule has 0 N–H and O–H groups in total. The van der Waals surface area contributed by atoms with Gasteiger partial charge in [-0.25, -0.2) is 8.42 Å². The first-order valence-electron chi connectivity index (χ1n) is 10.2. The van der Waals surface area contributed by atoms with Gasteiger partial charge in [-0.05, 0) is 12.1 Å². The van der Waals surface area contributed by atoms with Crippen molar-refractivity contribution in [3.63, 3.8) is 0 Å². The van der Waals surface area contributed by atoms with Gasteiger partial charge in [-0.3, -0.25) is 14.4 Å². The van der Waals surface area contributed by atoms with Crippen LogP contribution >= 0.6 is 11.6 Å². The molecule has 0 saturated carbocycles. The van der Waals surface area contributed by atoms with Crippen LogP contribution in [-0.4, -0.2) is 90.2 Å². The van der Waals surface area contributed by atoms with Crippen molar-refractivity contribution in [3.8, 4) is 0 Å². The molecule has 31 heavy (non-hydrogen) atoms. The van der Waals surface area contributed by atoms with E-state index in [9.17, 15) is 13.2 Å². The van der Waals surface area contributed by atoms with Crippen LogP contribution in [0.25, 0.3) is 0 Å². The van der Waals surface area contributed by atoms with Crippen LogP contribution in [0.1, 0.15) is 5.56 Å². The average Bonchev–Trinajstić information content (AvgIpc) is 3.18. The molecule has 3 heterocycles. The fourth-order valence-electron chi connectivity index (χ4n) is 3.93. The summed E-state index contributed by atoms with van der Waals surface area (Å²) in [5.74, 6) is -0.167. The van der Waals surface area contributed by atoms with Gasteiger partial charge in [-0.1, -0.05) is 23.7 Å². The number of amides is 1. The van der Waals surface area contributed by atoms with Crippen LogP contribution in [0.4, 0.5) is 0 Å². The highest BCUT2D eigenvalue weighted by atomic mass is 35.5. The topological polar surface area (TPSA) is 88.0 Å². The quantitative estimate of drug-likeness (QED) is 0.646. The van der Waals surface area contributed by atoms with Crippen molar-refractivity contribution in [2.45, 2.75) is 17.5 Å². The molecule has 11 heteroatoms. The highest BCUT2D eigenvalue weighted by Gasteiger charge is 2.37. The lowest BCUT2D eigenvalue weighted by Gasteiger charge is -2.38. The lowest BCUT2D eigenvalue weighted by Crippen LogP contribution is -2.56. The summed E-state index contributed by atoms with van der Waals surface area (Å²) in [7, 11) is -1.91. The number of morpholine rings is 1. The minimum absolute atomic E-state index is 0.0116. The number of ether oxygens (including phenoxy) is 1. The number of rotatable bonds is 5. The Kier molecular flexibility index (Phi) is 6.63. The smallest absolute Gasteiger partial charge is 0.253 e. The summed E-state index contributed by atoms with van der Waals surface area (Å²) < 4.78 is 34.8. The zero-order chi connectivity index (χ0) is 22.0. The van der Waals surface area contributed by atoms with Gasteiger partial charge < -0.3 is 9.64 Å². The summed E-state index contributed by atoms with van der Waals surface area (Å²) in [4.78, 5) is 17.1. The van der Waals surface area contributed by atoms with Crippen molar-refractivity contribution < 1.29 is 17.9 Å². The fourth-order valence-corrected chi connectivity index (χ4v) is 5.85. The van der Waals surface area contributed by atoms with Gasteiger partial charge in [0.05, 0.1) is 17.8 Å². The number of piperazine rings is 1. The predicted molar refractivity (Wildman–Crippen MR) is 115 cm³/mol. The fraction of sp³-hybridized carbons (Fsp3) is 0.500. The number of benzene rings is 1. The van der Waals surface area contributed by atoms with E-state index in [1.165, 1.54) is 10.4 Å². The van der Waals surface area contributed by atoms with Gasteiger partial charge in [0.1, 0.15) is 11.0 Å². The maximum absolute atomic E-state index is 13.0. The monoisotopic (exact) mass is 467 g/mol. The summed E-state index contributed by atoms with van der Waals surface area (Å²) >= 11 is 6.10. The molecule has 9 nitrogen and oxygen atoms in total. The van der Waals surface area contributed by atoms with Crippen molar-refractivity contribution >= 4 is 27.5 Å². The molecule has 168 valence electrons. The number of halogens is 1. The number of aromatic nitrogens is 2. The van der Waals surface area contributed by atoms with E-state index in [4.69, 9.17) is 16.3 Å². The van der Waals surface area contributed by atoms with Crippen molar-refractivity contribution in [1.82, 2.24) is 23.9 Å². The normalized spacial score (nSPS) is 21.4. The number of aryl methyl sites for hydroxylation is 1. The number of nitrogens with zero attached hydrogens (tertiary/aromatic N) is 5. The highest BCUT2D eigenvalue weighted by molar-refractivity contribution is 7.89. The second kappa shape index (κ2) is 9.25. The van der Waals surface area contributed by atoms with Gasteiger partial charge in [0.2, 0.25) is 10.0 Å². The molecule has 0 aliphatic carbocycles. The minimum atomic E-state index is -3.80. The van der Waals surface area contributed by atoms with Gasteiger partial charge in [-0.2, -0.15) is 9.40 Å². The van der Waals surface area contributed by atoms with Crippen LogP contribution in [-0.2, 0) is 33.1 Å². The van der Waals surface area contributed by atoms with E-state index in [0.717, 1.165) is 25.2 Å². The zero-order valence-corrected chi connectivity index (χ0v) is 18.9. The first-order valence-corrected chi connectivity index (χ1v) is 12.0. The Morgan fingerprint density at radius 3 is 2.61 bits per heavy atom. The Labute approximate surface area is 187 Å². The van der Waals surface area contributed by atoms with Crippen molar-refractivity contribution in [3.05, 3.63) is 47.2 Å². The average molecular weight is 468 g/mol. The third-order valence-electron chi connectivity index (χ3n) is 5.61. The second-order valence-corrected chi connectivity index (χ2v) is 10.1. The van der Waals surface area contributed by atoms with Gasteiger partial charge >= 0.3 is 0 Å². The van der Waals surface area contributed by atoms with E-state index >= 15 is 0 Å². The Balaban J connectivity index is 1.35. The van der Waals surface area contributed by atoms with Gasteiger partial charge in [0.15, 0.2) is 0 Å². The lowest BCUT2D eigenvalue weighted by molar-refractivity contribution is -0.149. The highest BCUT2D eigenvalue weighted by Crippen LogP contribution is 2.26. The van der Waals surface area contributed by atoms with Crippen LogP contribution in [0.2, 0.25) is 5.02 Å². The molecular weight excluding hydrogens is 442 g/mol. The van der Waals surface area contributed by atoms with Crippen LogP contribution < -0.4 is 0 Å². The minimum Gasteiger partial charge on any atom is -0.366 e. The second-order valence-electron chi connectivity index (χ2n) is 7.78. The summed E-state index contributed by atoms with van der Waals surface area (Å²) in [5.41, 5.74) is 1.14. The summed E-state index contributed by atoms with van der Waals surface area (Å²) in [5, 5.41) is 4.36. The van der Waals surface area contributed by atoms with E-state index in [1.807, 2.05) is 19.4 Å². The molecule has 0 bridgehead atoms. The zero-order valence-electron chi connectivity index (χ0n) is 17.4. The molecule has 1 aromatic carbocycles. The third kappa shape index (κ3) is 4.93. The number of sulfonamides is 1. The van der Waals surface area contributed by atoms with Crippen molar-refractivity contribution in [2.24, 2.45) is 7.05 Å². The molecule has 0 spiro atoms. The Morgan fingerprint density at radius 1 is 1.19 bits per heavy atom. The number of carbonyl (C=O) groups is 1. The molecule has 1 atom stereocenters. The van der Waals surface area contributed by atoms with Gasteiger partial charge in [0, 0.05) is 64.6 Å². The van der Waals surface area contributed by atoms with Crippen LogP contribution in [0, 0.1) is 0 Å². The maximum atomic E-state index is 13.0. The number of hydrogen-bond donors (Lipinski definition) is 0. The molecule has 0 unspecified atom stereocenters. The van der Waals surface area contributed by atoms with E-state index < -0.39 is 16.1 Å². The van der Waals surface area contributed by atoms with Crippen molar-refractivity contribution in [1.29, 1.82) is 0 Å². The first-order chi connectivity index (χ1) is 14.8. The van der Waals surface area contributed by atoms with Crippen LogP contribution in [0.3, 0.4) is 0 Å². The molecule has 1 aromatic heterocycles. The van der Waals surface area contributed by atoms with Crippen molar-refractivity contribution in [2.75, 3.05) is 45.9 Å². The molecule has 1 amide bonds. The van der Waals surface area contributed by atoms with Crippen LogP contribution in [0.5, 0.6) is 0 Å². The number of carbonyl (C=O) groups excluding carboxylic acids is 1. The molecular formula is C20H26ClN5O4S. The molecule has 2 fully saturated rings. The summed E-state index contributed by atoms with van der Waals surface area (Å²) in [6.45, 7) is 3.79. The molecule has 2 aliphatic heterocycles. The third-order valence-corrected chi connectivity index (χ3v) is 7.97. The Bertz CT molecular complexity index is 1040. The SMILES string of the molecule is Cn1cc(CN2CCN(C(=O)[C@H]3CN(S(=O)(=O)c4ccccc4Cl)CCO3)CC2)cn1. The maximum Gasteiger partial charge on any atom is 0.253 e. The van der Waals surface area contributed by atoms with E-state index in [-0.39, 0.29) is 35.5 Å². The summed E-state index contributed by atoms with van der Waals surface area (Å²) in [6, 6.07) is 6.34. The van der Waals surface area contributed by atoms with E-state index in [0.29, 0.717) is 13.1 Å². The molecule has 0 radical (unpaired) electrons. The van der Waals surface area contributed by atoms with Crippen LogP contribution in [0.15, 0.2) is 41.6 Å². The lowest BCUT2D eigenvalue weighted by atomic mass is 10.2. The molecule has 2 aromatic rings. The molecule has 4 rings (SSSR count). The van der Waals surface area contributed by atoms with Gasteiger partial charge in [0.25, 0.3) is 5.91 Å². The largest absolute Gasteiger partial charge is 0.366 e. The molecule has 2 saturated heterocycles. The Hall–Kier alpha value is -1.98. The first kappa shape index (κ1) is 22.2. The predicted octanol–water partition coefficient (Wildman–Crippen LogP) is 0.807. The van der Waals surface area contributed by atoms with E-state index in [1.54, 1.807) is 27.8 Å².